The molecule has 47 heavy (non-hydrogen) atoms. The van der Waals surface area contributed by atoms with Crippen molar-refractivity contribution in [3.05, 3.63) is 66.2 Å². The van der Waals surface area contributed by atoms with Gasteiger partial charge in [0.2, 0.25) is 11.8 Å². The third kappa shape index (κ3) is 8.17. The Morgan fingerprint density at radius 1 is 1.09 bits per heavy atom. The van der Waals surface area contributed by atoms with E-state index in [1.54, 1.807) is 48.4 Å². The number of piperidine rings is 1. The average molecular weight is 657 g/mol. The number of aliphatic hydroxyl groups is 1. The summed E-state index contributed by atoms with van der Waals surface area (Å²) >= 11 is 0. The highest BCUT2D eigenvalue weighted by Gasteiger charge is 2.38. The molecule has 2 aromatic heterocycles. The minimum Gasteiger partial charge on any atom is -0.444 e. The number of aliphatic hydroxyl groups excluding tert-OH is 1. The van der Waals surface area contributed by atoms with Gasteiger partial charge in [0.15, 0.2) is 6.10 Å². The molecule has 1 fully saturated rings. The highest BCUT2D eigenvalue weighted by Crippen LogP contribution is 2.39. The lowest BCUT2D eigenvalue weighted by atomic mass is 10.0. The van der Waals surface area contributed by atoms with Gasteiger partial charge in [-0.25, -0.2) is 24.1 Å². The van der Waals surface area contributed by atoms with Gasteiger partial charge in [-0.3, -0.25) is 0 Å². The molecule has 3 N–H and O–H groups in total. The Balaban J connectivity index is 1.39. The lowest BCUT2D eigenvalue weighted by Crippen LogP contribution is -2.47. The fourth-order valence-corrected chi connectivity index (χ4v) is 5.20. The number of benzene rings is 2. The normalized spacial score (nSPS) is 16.1. The first-order chi connectivity index (χ1) is 22.2. The van der Waals surface area contributed by atoms with E-state index in [-0.39, 0.29) is 29.1 Å². The van der Waals surface area contributed by atoms with Gasteiger partial charge >= 0.3 is 12.3 Å². The van der Waals surface area contributed by atoms with Crippen LogP contribution in [0.2, 0.25) is 0 Å². The molecule has 0 saturated carbocycles. The van der Waals surface area contributed by atoms with Gasteiger partial charge in [-0.05, 0) is 76.4 Å². The Labute approximate surface area is 269 Å². The number of halogens is 4. The van der Waals surface area contributed by atoms with Crippen molar-refractivity contribution in [2.45, 2.75) is 64.5 Å². The summed E-state index contributed by atoms with van der Waals surface area (Å²) in [4.78, 5) is 27.8. The first-order valence-electron chi connectivity index (χ1n) is 15.1. The molecular weight excluding hydrogens is 620 g/mol. The summed E-state index contributed by atoms with van der Waals surface area (Å²) in [7, 11) is 0. The number of fused-ring (bicyclic) bond motifs is 1. The van der Waals surface area contributed by atoms with Crippen LogP contribution in [0, 0.1) is 12.7 Å². The number of rotatable bonds is 8. The molecule has 3 heterocycles. The molecule has 4 aromatic rings. The standard InChI is InChI=1S/C33H36F4N6O4/c1-19-9-10-21-22(11-12-24(34)27(21)40-17-26(44)33(35,36)37)28(19)46-29-23(8-5-14-38-29)25-13-15-39-30(42-25)41-20-7-6-16-43(18-20)31(45)47-32(2,3)4/h5,8-15,20,26,40,44H,6-7,16-18H2,1-4H3,(H,39,41,42)/t20?,26-/m0/s1. The number of anilines is 2. The summed E-state index contributed by atoms with van der Waals surface area (Å²) in [5.74, 6) is 0.0712. The van der Waals surface area contributed by atoms with E-state index >= 15 is 0 Å². The Morgan fingerprint density at radius 2 is 1.85 bits per heavy atom. The zero-order chi connectivity index (χ0) is 33.9. The van der Waals surface area contributed by atoms with Crippen molar-refractivity contribution in [3.63, 3.8) is 0 Å². The predicted octanol–water partition coefficient (Wildman–Crippen LogP) is 7.08. The van der Waals surface area contributed by atoms with E-state index < -0.39 is 30.2 Å². The quantitative estimate of drug-likeness (QED) is 0.171. The van der Waals surface area contributed by atoms with Crippen LogP contribution in [0.15, 0.2) is 54.9 Å². The topological polar surface area (TPSA) is 122 Å². The lowest BCUT2D eigenvalue weighted by molar-refractivity contribution is -0.198. The molecule has 250 valence electrons. The number of likely N-dealkylation sites (tertiary alicyclic amines) is 1. The molecule has 10 nitrogen and oxygen atoms in total. The van der Waals surface area contributed by atoms with Gasteiger partial charge in [0.05, 0.1) is 16.9 Å². The molecule has 2 aromatic carbocycles. The molecule has 0 aliphatic carbocycles. The van der Waals surface area contributed by atoms with Crippen LogP contribution in [0.1, 0.15) is 39.2 Å². The molecule has 0 radical (unpaired) electrons. The number of pyridine rings is 1. The van der Waals surface area contributed by atoms with Crippen molar-refractivity contribution in [2.24, 2.45) is 0 Å². The molecule has 1 unspecified atom stereocenters. The largest absolute Gasteiger partial charge is 0.444 e. The number of nitrogens with one attached hydrogen (secondary N) is 2. The van der Waals surface area contributed by atoms with E-state index in [1.807, 2.05) is 20.8 Å². The summed E-state index contributed by atoms with van der Waals surface area (Å²) in [6.07, 6.45) is -3.19. The van der Waals surface area contributed by atoms with Crippen molar-refractivity contribution in [1.29, 1.82) is 0 Å². The zero-order valence-electron chi connectivity index (χ0n) is 26.4. The average Bonchev–Trinajstić information content (AvgIpc) is 3.01. The van der Waals surface area contributed by atoms with Crippen LogP contribution < -0.4 is 15.4 Å². The molecule has 1 amide bonds. The fraction of sp³-hybridized carbons (Fsp3) is 0.394. The Morgan fingerprint density at radius 3 is 2.60 bits per heavy atom. The molecule has 1 saturated heterocycles. The third-order valence-corrected chi connectivity index (χ3v) is 7.46. The fourth-order valence-electron chi connectivity index (χ4n) is 5.20. The zero-order valence-corrected chi connectivity index (χ0v) is 26.4. The van der Waals surface area contributed by atoms with E-state index in [2.05, 4.69) is 25.6 Å². The second kappa shape index (κ2) is 13.6. The number of nitrogens with zero attached hydrogens (tertiary/aromatic N) is 4. The van der Waals surface area contributed by atoms with Crippen LogP contribution in [-0.4, -0.2) is 74.6 Å². The number of aryl methyl sites for hydroxylation is 1. The maximum Gasteiger partial charge on any atom is 0.416 e. The van der Waals surface area contributed by atoms with Gasteiger partial charge in [0.25, 0.3) is 0 Å². The molecule has 0 bridgehead atoms. The Hall–Kier alpha value is -4.72. The summed E-state index contributed by atoms with van der Waals surface area (Å²) in [5.41, 5.74) is 0.897. The summed E-state index contributed by atoms with van der Waals surface area (Å²) in [6.45, 7) is 7.34. The van der Waals surface area contributed by atoms with Crippen LogP contribution in [0.5, 0.6) is 11.6 Å². The van der Waals surface area contributed by atoms with Crippen molar-refractivity contribution in [3.8, 4) is 22.9 Å². The second-order valence-electron chi connectivity index (χ2n) is 12.3. The smallest absolute Gasteiger partial charge is 0.416 e. The maximum absolute atomic E-state index is 14.8. The summed E-state index contributed by atoms with van der Waals surface area (Å²) < 4.78 is 65.4. The van der Waals surface area contributed by atoms with Crippen LogP contribution >= 0.6 is 0 Å². The van der Waals surface area contributed by atoms with Gasteiger partial charge in [-0.1, -0.05) is 12.1 Å². The SMILES string of the molecule is Cc1ccc2c(NC[C@H](O)C(F)(F)F)c(F)ccc2c1Oc1ncccc1-c1ccnc(NC2CCCN(C(=O)OC(C)(C)C)C2)n1. The predicted molar refractivity (Wildman–Crippen MR) is 169 cm³/mol. The molecule has 5 rings (SSSR count). The van der Waals surface area contributed by atoms with E-state index in [0.717, 1.165) is 18.9 Å². The van der Waals surface area contributed by atoms with E-state index in [0.29, 0.717) is 47.0 Å². The minimum absolute atomic E-state index is 0.102. The van der Waals surface area contributed by atoms with E-state index in [4.69, 9.17) is 9.47 Å². The van der Waals surface area contributed by atoms with Crippen LogP contribution in [-0.2, 0) is 4.74 Å². The number of carbonyl (C=O) groups excluding carboxylic acids is 1. The van der Waals surface area contributed by atoms with Crippen molar-refractivity contribution >= 4 is 28.5 Å². The molecule has 0 spiro atoms. The Kier molecular flexibility index (Phi) is 9.70. The highest BCUT2D eigenvalue weighted by atomic mass is 19.4. The van der Waals surface area contributed by atoms with Crippen molar-refractivity contribution in [2.75, 3.05) is 30.3 Å². The molecular formula is C33H36F4N6O4. The number of alkyl halides is 3. The van der Waals surface area contributed by atoms with Crippen molar-refractivity contribution < 1.29 is 36.9 Å². The van der Waals surface area contributed by atoms with Crippen molar-refractivity contribution in [1.82, 2.24) is 19.9 Å². The first-order valence-corrected chi connectivity index (χ1v) is 15.1. The monoisotopic (exact) mass is 656 g/mol. The van der Waals surface area contributed by atoms with Gasteiger partial charge in [0, 0.05) is 48.8 Å². The number of hydrogen-bond acceptors (Lipinski definition) is 9. The highest BCUT2D eigenvalue weighted by molar-refractivity contribution is 5.99. The number of hydrogen-bond donors (Lipinski definition) is 3. The van der Waals surface area contributed by atoms with Gasteiger partial charge in [0.1, 0.15) is 17.2 Å². The van der Waals surface area contributed by atoms with Crippen LogP contribution in [0.4, 0.5) is 34.0 Å². The van der Waals surface area contributed by atoms with E-state index in [1.165, 1.54) is 12.3 Å². The minimum atomic E-state index is -4.86. The Bertz CT molecular complexity index is 1750. The maximum atomic E-state index is 14.8. The molecule has 14 heteroatoms. The van der Waals surface area contributed by atoms with Crippen LogP contribution in [0.3, 0.4) is 0 Å². The molecule has 1 aliphatic heterocycles. The summed E-state index contributed by atoms with van der Waals surface area (Å²) in [6, 6.07) is 10.9. The number of ether oxygens (including phenoxy) is 2. The number of amides is 1. The number of carbonyl (C=O) groups is 1. The third-order valence-electron chi connectivity index (χ3n) is 7.46. The lowest BCUT2D eigenvalue weighted by Gasteiger charge is -2.34. The van der Waals surface area contributed by atoms with Gasteiger partial charge < -0.3 is 30.1 Å². The first kappa shape index (κ1) is 33.6. The molecule has 1 aliphatic rings. The number of aromatic nitrogens is 3. The van der Waals surface area contributed by atoms with Gasteiger partial charge in [-0.2, -0.15) is 13.2 Å². The molecule has 2 atom stereocenters. The van der Waals surface area contributed by atoms with E-state index in [9.17, 15) is 27.5 Å². The van der Waals surface area contributed by atoms with Gasteiger partial charge in [-0.15, -0.1) is 0 Å². The van der Waals surface area contributed by atoms with Crippen LogP contribution in [0.25, 0.3) is 22.0 Å². The summed E-state index contributed by atoms with van der Waals surface area (Å²) in [5, 5.41) is 15.8. The second-order valence-corrected chi connectivity index (χ2v) is 12.3.